The molecule has 0 aliphatic heterocycles. The van der Waals surface area contributed by atoms with Crippen molar-refractivity contribution in [1.29, 1.82) is 0 Å². The molecule has 0 aliphatic rings. The molecule has 0 radical (unpaired) electrons. The minimum Gasteiger partial charge on any atom is -0.494 e. The van der Waals surface area contributed by atoms with Gasteiger partial charge < -0.3 is 4.74 Å². The molecule has 0 amide bonds. The van der Waals surface area contributed by atoms with E-state index >= 15 is 0 Å². The lowest BCUT2D eigenvalue weighted by Gasteiger charge is -2.03. The number of hydrogen-bond acceptors (Lipinski definition) is 5. The van der Waals surface area contributed by atoms with Gasteiger partial charge >= 0.3 is 0 Å². The van der Waals surface area contributed by atoms with E-state index in [0.717, 1.165) is 11.3 Å². The number of aromatic amines is 1. The lowest BCUT2D eigenvalue weighted by atomic mass is 10.2. The number of aryl methyl sites for hydroxylation is 1. The van der Waals surface area contributed by atoms with Crippen LogP contribution in [-0.2, 0) is 0 Å². The quantitative estimate of drug-likeness (QED) is 0.644. The fourth-order valence-corrected chi connectivity index (χ4v) is 1.65. The summed E-state index contributed by atoms with van der Waals surface area (Å²) in [4.78, 5) is 17.9. The zero-order valence-corrected chi connectivity index (χ0v) is 11.4. The van der Waals surface area contributed by atoms with E-state index in [1.807, 2.05) is 31.2 Å². The highest BCUT2D eigenvalue weighted by Crippen LogP contribution is 2.11. The van der Waals surface area contributed by atoms with E-state index in [-0.39, 0.29) is 5.56 Å². The van der Waals surface area contributed by atoms with Crippen LogP contribution in [0.5, 0.6) is 5.75 Å². The summed E-state index contributed by atoms with van der Waals surface area (Å²) in [6, 6.07) is 8.97. The van der Waals surface area contributed by atoms with Crippen LogP contribution >= 0.6 is 0 Å². The fraction of sp³-hybridized carbons (Fsp3) is 0.214. The Morgan fingerprint density at radius 3 is 3.05 bits per heavy atom. The molecule has 0 fully saturated rings. The number of nitrogens with zero attached hydrogens (tertiary/aromatic N) is 2. The van der Waals surface area contributed by atoms with E-state index in [1.54, 1.807) is 13.1 Å². The van der Waals surface area contributed by atoms with Crippen molar-refractivity contribution in [2.45, 2.75) is 13.8 Å². The standard InChI is InChI=1S/C14H16N4O2/c1-3-20-12-6-4-5-11(8-12)9-15-18-14-16-10(2)7-13(19)17-14/h4-9H,3H2,1-2H3,(H2,16,17,18,19)/b15-9+. The number of hydrogen-bond donors (Lipinski definition) is 2. The van der Waals surface area contributed by atoms with E-state index in [2.05, 4.69) is 20.5 Å². The lowest BCUT2D eigenvalue weighted by Crippen LogP contribution is -2.10. The Kier molecular flexibility index (Phi) is 4.49. The van der Waals surface area contributed by atoms with Crippen molar-refractivity contribution in [3.63, 3.8) is 0 Å². The van der Waals surface area contributed by atoms with E-state index in [4.69, 9.17) is 4.74 Å². The van der Waals surface area contributed by atoms with Crippen LogP contribution in [0.3, 0.4) is 0 Å². The smallest absolute Gasteiger partial charge is 0.252 e. The van der Waals surface area contributed by atoms with Crippen LogP contribution in [0.4, 0.5) is 5.95 Å². The largest absolute Gasteiger partial charge is 0.494 e. The molecule has 0 saturated carbocycles. The van der Waals surface area contributed by atoms with E-state index < -0.39 is 0 Å². The maximum Gasteiger partial charge on any atom is 0.252 e. The summed E-state index contributed by atoms with van der Waals surface area (Å²) in [5.41, 5.74) is 3.99. The second kappa shape index (κ2) is 6.51. The third-order valence-corrected chi connectivity index (χ3v) is 2.42. The van der Waals surface area contributed by atoms with Gasteiger partial charge in [0.05, 0.1) is 12.8 Å². The number of ether oxygens (including phenoxy) is 1. The molecule has 0 saturated heterocycles. The molecule has 2 N–H and O–H groups in total. The van der Waals surface area contributed by atoms with Gasteiger partial charge in [-0.3, -0.25) is 9.78 Å². The van der Waals surface area contributed by atoms with Gasteiger partial charge in [-0.25, -0.2) is 10.4 Å². The Labute approximate surface area is 116 Å². The summed E-state index contributed by atoms with van der Waals surface area (Å²) in [6.07, 6.45) is 1.63. The first kappa shape index (κ1) is 13.8. The van der Waals surface area contributed by atoms with Crippen molar-refractivity contribution in [2.24, 2.45) is 5.10 Å². The van der Waals surface area contributed by atoms with Crippen molar-refractivity contribution >= 4 is 12.2 Å². The maximum atomic E-state index is 11.3. The van der Waals surface area contributed by atoms with Crippen LogP contribution in [-0.4, -0.2) is 22.8 Å². The van der Waals surface area contributed by atoms with Gasteiger partial charge in [-0.1, -0.05) is 12.1 Å². The van der Waals surface area contributed by atoms with Gasteiger partial charge in [0.1, 0.15) is 5.75 Å². The third-order valence-electron chi connectivity index (χ3n) is 2.42. The second-order valence-corrected chi connectivity index (χ2v) is 4.11. The Bertz CT molecular complexity index is 664. The summed E-state index contributed by atoms with van der Waals surface area (Å²) >= 11 is 0. The molecule has 2 rings (SSSR count). The number of hydrazone groups is 1. The normalized spacial score (nSPS) is 10.7. The predicted molar refractivity (Wildman–Crippen MR) is 78.4 cm³/mol. The van der Waals surface area contributed by atoms with Crippen LogP contribution in [0.15, 0.2) is 40.2 Å². The first-order chi connectivity index (χ1) is 9.67. The summed E-state index contributed by atoms with van der Waals surface area (Å²) in [7, 11) is 0. The highest BCUT2D eigenvalue weighted by molar-refractivity contribution is 5.80. The number of aromatic nitrogens is 2. The summed E-state index contributed by atoms with van der Waals surface area (Å²) in [6.45, 7) is 4.30. The molecule has 1 aromatic heterocycles. The average Bonchev–Trinajstić information content (AvgIpc) is 2.38. The van der Waals surface area contributed by atoms with Gasteiger partial charge in [0.15, 0.2) is 0 Å². The monoisotopic (exact) mass is 272 g/mol. The van der Waals surface area contributed by atoms with Crippen LogP contribution < -0.4 is 15.7 Å². The van der Waals surface area contributed by atoms with E-state index in [1.165, 1.54) is 6.07 Å². The zero-order chi connectivity index (χ0) is 14.4. The van der Waals surface area contributed by atoms with Crippen molar-refractivity contribution in [1.82, 2.24) is 9.97 Å². The van der Waals surface area contributed by atoms with Crippen LogP contribution in [0, 0.1) is 6.92 Å². The van der Waals surface area contributed by atoms with Gasteiger partial charge in [-0.05, 0) is 31.5 Å². The van der Waals surface area contributed by atoms with Crippen molar-refractivity contribution < 1.29 is 4.74 Å². The minimum absolute atomic E-state index is 0.214. The molecule has 20 heavy (non-hydrogen) atoms. The van der Waals surface area contributed by atoms with E-state index in [0.29, 0.717) is 18.2 Å². The Morgan fingerprint density at radius 1 is 1.45 bits per heavy atom. The molecule has 1 aromatic carbocycles. The first-order valence-corrected chi connectivity index (χ1v) is 6.27. The molecule has 2 aromatic rings. The fourth-order valence-electron chi connectivity index (χ4n) is 1.65. The molecule has 0 spiro atoms. The van der Waals surface area contributed by atoms with Gasteiger partial charge in [0, 0.05) is 11.8 Å². The van der Waals surface area contributed by atoms with Crippen LogP contribution in [0.25, 0.3) is 0 Å². The van der Waals surface area contributed by atoms with E-state index in [9.17, 15) is 4.79 Å². The highest BCUT2D eigenvalue weighted by atomic mass is 16.5. The molecule has 1 heterocycles. The lowest BCUT2D eigenvalue weighted by molar-refractivity contribution is 0.340. The molecule has 6 heteroatoms. The number of H-pyrrole nitrogens is 1. The molecule has 0 aliphatic carbocycles. The van der Waals surface area contributed by atoms with Gasteiger partial charge in [0.2, 0.25) is 5.95 Å². The molecule has 0 bridgehead atoms. The van der Waals surface area contributed by atoms with Gasteiger partial charge in [0.25, 0.3) is 5.56 Å². The first-order valence-electron chi connectivity index (χ1n) is 6.27. The van der Waals surface area contributed by atoms with Crippen molar-refractivity contribution in [2.75, 3.05) is 12.0 Å². The summed E-state index contributed by atoms with van der Waals surface area (Å²) in [5.74, 6) is 1.10. The van der Waals surface area contributed by atoms with Gasteiger partial charge in [-0.15, -0.1) is 0 Å². The molecular formula is C14H16N4O2. The van der Waals surface area contributed by atoms with Gasteiger partial charge in [-0.2, -0.15) is 5.10 Å². The number of anilines is 1. The molecule has 104 valence electrons. The molecule has 0 unspecified atom stereocenters. The second-order valence-electron chi connectivity index (χ2n) is 4.11. The molecule has 6 nitrogen and oxygen atoms in total. The van der Waals surface area contributed by atoms with Crippen molar-refractivity contribution in [3.8, 4) is 5.75 Å². The Morgan fingerprint density at radius 2 is 2.30 bits per heavy atom. The summed E-state index contributed by atoms with van der Waals surface area (Å²) in [5, 5.41) is 4.03. The topological polar surface area (TPSA) is 79.4 Å². The average molecular weight is 272 g/mol. The Balaban J connectivity index is 2.06. The molecular weight excluding hydrogens is 256 g/mol. The zero-order valence-electron chi connectivity index (χ0n) is 11.4. The van der Waals surface area contributed by atoms with Crippen molar-refractivity contribution in [3.05, 3.63) is 51.9 Å². The molecule has 0 atom stereocenters. The number of rotatable bonds is 5. The Hall–Kier alpha value is -2.63. The third kappa shape index (κ3) is 3.94. The summed E-state index contributed by atoms with van der Waals surface area (Å²) < 4.78 is 5.40. The number of nitrogens with one attached hydrogen (secondary N) is 2. The highest BCUT2D eigenvalue weighted by Gasteiger charge is 1.96. The number of benzene rings is 1. The SMILES string of the molecule is CCOc1cccc(/C=N/Nc2nc(C)cc(=O)[nH]2)c1. The maximum absolute atomic E-state index is 11.3. The predicted octanol–water partition coefficient (Wildman–Crippen LogP) is 1.92. The van der Waals surface area contributed by atoms with Crippen LogP contribution in [0.2, 0.25) is 0 Å². The van der Waals surface area contributed by atoms with Crippen LogP contribution in [0.1, 0.15) is 18.2 Å². The minimum atomic E-state index is -0.214.